The van der Waals surface area contributed by atoms with E-state index >= 15 is 0 Å². The van der Waals surface area contributed by atoms with Crippen LogP contribution in [0.5, 0.6) is 5.75 Å². The number of hydrogen-bond donors (Lipinski definition) is 3. The maximum Gasteiger partial charge on any atom is 0.272 e. The summed E-state index contributed by atoms with van der Waals surface area (Å²) in [5.41, 5.74) is 4.67. The number of furan rings is 1. The quantitative estimate of drug-likeness (QED) is 0.0938. The molecular formula is C38H35N3O5S. The molecule has 9 heteroatoms. The van der Waals surface area contributed by atoms with E-state index in [1.54, 1.807) is 55.6 Å². The molecule has 0 saturated heterocycles. The van der Waals surface area contributed by atoms with Crippen LogP contribution in [-0.2, 0) is 16.0 Å². The molecule has 0 radical (unpaired) electrons. The van der Waals surface area contributed by atoms with Crippen LogP contribution in [0.1, 0.15) is 34.2 Å². The van der Waals surface area contributed by atoms with E-state index in [0.29, 0.717) is 28.5 Å². The monoisotopic (exact) mass is 645 g/mol. The van der Waals surface area contributed by atoms with Gasteiger partial charge in [0.2, 0.25) is 5.91 Å². The lowest BCUT2D eigenvalue weighted by Crippen LogP contribution is -2.30. The van der Waals surface area contributed by atoms with Crippen LogP contribution in [0.15, 0.2) is 124 Å². The minimum Gasteiger partial charge on any atom is -0.496 e. The molecule has 3 amide bonds. The molecule has 0 fully saturated rings. The van der Waals surface area contributed by atoms with Crippen LogP contribution in [0.4, 0.5) is 11.4 Å². The van der Waals surface area contributed by atoms with E-state index in [4.69, 9.17) is 9.15 Å². The first-order valence-corrected chi connectivity index (χ1v) is 16.1. The Kier molecular flexibility index (Phi) is 10.9. The number of carbonyl (C=O) groups excluding carboxylic acids is 3. The van der Waals surface area contributed by atoms with Gasteiger partial charge in [-0.25, -0.2) is 0 Å². The highest BCUT2D eigenvalue weighted by molar-refractivity contribution is 8.00. The summed E-state index contributed by atoms with van der Waals surface area (Å²) in [5, 5.41) is 8.62. The van der Waals surface area contributed by atoms with Gasteiger partial charge >= 0.3 is 0 Å². The fourth-order valence-electron chi connectivity index (χ4n) is 4.87. The van der Waals surface area contributed by atoms with Crippen LogP contribution in [-0.4, -0.2) is 30.6 Å². The number of rotatable bonds is 12. The van der Waals surface area contributed by atoms with Crippen molar-refractivity contribution in [3.05, 3.63) is 137 Å². The average Bonchev–Trinajstić information content (AvgIpc) is 3.57. The Hall–Kier alpha value is -5.54. The first-order chi connectivity index (χ1) is 22.8. The van der Waals surface area contributed by atoms with E-state index in [-0.39, 0.29) is 17.4 Å². The summed E-state index contributed by atoms with van der Waals surface area (Å²) < 4.78 is 11.5. The second-order valence-electron chi connectivity index (χ2n) is 10.6. The summed E-state index contributed by atoms with van der Waals surface area (Å²) in [6, 6.07) is 32.7. The molecule has 0 spiro atoms. The van der Waals surface area contributed by atoms with Gasteiger partial charge in [0.15, 0.2) is 0 Å². The Morgan fingerprint density at radius 2 is 1.57 bits per heavy atom. The number of benzene rings is 4. The Morgan fingerprint density at radius 3 is 2.32 bits per heavy atom. The number of carbonyl (C=O) groups is 3. The van der Waals surface area contributed by atoms with Crippen LogP contribution in [0.3, 0.4) is 0 Å². The van der Waals surface area contributed by atoms with Crippen molar-refractivity contribution >= 4 is 46.9 Å². The molecule has 0 unspecified atom stereocenters. The Morgan fingerprint density at radius 1 is 0.830 bits per heavy atom. The molecule has 5 rings (SSSR count). The predicted molar refractivity (Wildman–Crippen MR) is 188 cm³/mol. The van der Waals surface area contributed by atoms with Crippen molar-refractivity contribution in [1.82, 2.24) is 5.32 Å². The van der Waals surface area contributed by atoms with E-state index in [9.17, 15) is 14.4 Å². The second kappa shape index (κ2) is 15.6. The lowest BCUT2D eigenvalue weighted by atomic mass is 10.1. The van der Waals surface area contributed by atoms with Crippen molar-refractivity contribution in [1.29, 1.82) is 0 Å². The number of hydrogen-bond acceptors (Lipinski definition) is 6. The van der Waals surface area contributed by atoms with Crippen LogP contribution >= 0.6 is 11.8 Å². The van der Waals surface area contributed by atoms with Crippen molar-refractivity contribution in [3.63, 3.8) is 0 Å². The van der Waals surface area contributed by atoms with Gasteiger partial charge in [-0.2, -0.15) is 0 Å². The maximum atomic E-state index is 13.5. The molecule has 5 aromatic rings. The molecular weight excluding hydrogens is 611 g/mol. The fourth-order valence-corrected chi connectivity index (χ4v) is 5.57. The van der Waals surface area contributed by atoms with Gasteiger partial charge in [0, 0.05) is 27.9 Å². The molecule has 0 saturated carbocycles. The minimum atomic E-state index is -0.533. The van der Waals surface area contributed by atoms with Gasteiger partial charge in [-0.15, -0.1) is 11.8 Å². The van der Waals surface area contributed by atoms with Crippen LogP contribution in [0.25, 0.3) is 17.4 Å². The van der Waals surface area contributed by atoms with E-state index in [1.165, 1.54) is 17.8 Å². The summed E-state index contributed by atoms with van der Waals surface area (Å²) >= 11 is 1.40. The van der Waals surface area contributed by atoms with Gasteiger partial charge in [0.05, 0.1) is 18.4 Å². The van der Waals surface area contributed by atoms with Crippen molar-refractivity contribution in [2.45, 2.75) is 25.2 Å². The molecule has 1 aromatic heterocycles. The van der Waals surface area contributed by atoms with Gasteiger partial charge in [0.25, 0.3) is 11.8 Å². The third kappa shape index (κ3) is 8.59. The molecule has 0 bridgehead atoms. The summed E-state index contributed by atoms with van der Waals surface area (Å²) in [7, 11) is 1.58. The number of nitrogens with one attached hydrogen (secondary N) is 3. The summed E-state index contributed by atoms with van der Waals surface area (Å²) in [6.07, 6.45) is 2.31. The summed E-state index contributed by atoms with van der Waals surface area (Å²) in [6.45, 7) is 4.04. The number of amides is 3. The predicted octanol–water partition coefficient (Wildman–Crippen LogP) is 7.97. The van der Waals surface area contributed by atoms with Gasteiger partial charge in [-0.3, -0.25) is 14.4 Å². The number of anilines is 2. The molecule has 0 aliphatic rings. The van der Waals surface area contributed by atoms with Crippen LogP contribution in [0.2, 0.25) is 0 Å². The second-order valence-corrected chi connectivity index (χ2v) is 11.6. The standard InChI is InChI=1S/C38H35N3O5S/c1-4-26-14-10-11-25(2)36(26)41-35(42)24-47-30-20-17-28(18-21-30)39-38(44)32(40-37(43)27-12-6-5-7-13-27)23-29-19-22-34(46-29)31-15-8-9-16-33(31)45-3/h5-23H,4,24H2,1-3H3,(H,39,44)(H,40,43)(H,41,42)/b32-23-. The Bertz CT molecular complexity index is 1900. The molecule has 8 nitrogen and oxygen atoms in total. The van der Waals surface area contributed by atoms with Crippen molar-refractivity contribution in [2.24, 2.45) is 0 Å². The number of thioether (sulfide) groups is 1. The normalized spacial score (nSPS) is 11.1. The SMILES string of the molecule is CCc1cccc(C)c1NC(=O)CSc1ccc(NC(=O)/C(=C/c2ccc(-c3ccccc3OC)o2)NC(=O)c2ccccc2)cc1. The third-order valence-corrected chi connectivity index (χ3v) is 8.31. The van der Waals surface area contributed by atoms with Gasteiger partial charge in [0.1, 0.15) is 23.0 Å². The maximum absolute atomic E-state index is 13.5. The van der Waals surface area contributed by atoms with E-state index in [2.05, 4.69) is 22.9 Å². The molecule has 0 aliphatic heterocycles. The molecule has 3 N–H and O–H groups in total. The zero-order chi connectivity index (χ0) is 33.2. The van der Waals surface area contributed by atoms with Gasteiger partial charge in [-0.05, 0) is 85.1 Å². The summed E-state index contributed by atoms with van der Waals surface area (Å²) in [4.78, 5) is 40.1. The van der Waals surface area contributed by atoms with Crippen molar-refractivity contribution < 1.29 is 23.5 Å². The van der Waals surface area contributed by atoms with Crippen LogP contribution < -0.4 is 20.7 Å². The molecule has 1 heterocycles. The Labute approximate surface area is 278 Å². The van der Waals surface area contributed by atoms with Gasteiger partial charge < -0.3 is 25.1 Å². The lowest BCUT2D eigenvalue weighted by molar-refractivity contribution is -0.114. The zero-order valence-corrected chi connectivity index (χ0v) is 27.1. The number of methoxy groups -OCH3 is 1. The molecule has 4 aromatic carbocycles. The van der Waals surface area contributed by atoms with E-state index < -0.39 is 11.8 Å². The average molecular weight is 646 g/mol. The Balaban J connectivity index is 1.28. The molecule has 0 atom stereocenters. The minimum absolute atomic E-state index is 0.00226. The molecule has 47 heavy (non-hydrogen) atoms. The lowest BCUT2D eigenvalue weighted by Gasteiger charge is -2.13. The molecule has 0 aliphatic carbocycles. The van der Waals surface area contributed by atoms with Crippen molar-refractivity contribution in [3.8, 4) is 17.1 Å². The smallest absolute Gasteiger partial charge is 0.272 e. The highest BCUT2D eigenvalue weighted by atomic mass is 32.2. The number of para-hydroxylation sites is 2. The highest BCUT2D eigenvalue weighted by Gasteiger charge is 2.17. The first-order valence-electron chi connectivity index (χ1n) is 15.1. The van der Waals surface area contributed by atoms with E-state index in [1.807, 2.05) is 67.6 Å². The fraction of sp³-hybridized carbons (Fsp3) is 0.132. The topological polar surface area (TPSA) is 110 Å². The molecule has 238 valence electrons. The zero-order valence-electron chi connectivity index (χ0n) is 26.3. The van der Waals surface area contributed by atoms with Crippen molar-refractivity contribution in [2.75, 3.05) is 23.5 Å². The van der Waals surface area contributed by atoms with Gasteiger partial charge in [-0.1, -0.05) is 55.5 Å². The number of ether oxygens (including phenoxy) is 1. The first kappa shape index (κ1) is 32.8. The van der Waals surface area contributed by atoms with Crippen LogP contribution in [0, 0.1) is 6.92 Å². The largest absolute Gasteiger partial charge is 0.496 e. The number of aryl methyl sites for hydroxylation is 2. The third-order valence-electron chi connectivity index (χ3n) is 7.30. The summed E-state index contributed by atoms with van der Waals surface area (Å²) in [5.74, 6) is 0.737. The van der Waals surface area contributed by atoms with E-state index in [0.717, 1.165) is 33.7 Å². The highest BCUT2D eigenvalue weighted by Crippen LogP contribution is 2.31.